The van der Waals surface area contributed by atoms with Crippen molar-refractivity contribution in [1.29, 1.82) is 0 Å². The van der Waals surface area contributed by atoms with Crippen molar-refractivity contribution < 1.29 is 0 Å². The standard InChI is InChI=1S/C18H25N3/c1-13-16(6-5-11-20-13)17(21-19)12-14-7-9-15(10-8-14)18(2,3)4/h5-11,17,21H,12,19H2,1-4H3. The first-order valence-corrected chi connectivity index (χ1v) is 7.39. The summed E-state index contributed by atoms with van der Waals surface area (Å²) in [6.07, 6.45) is 2.66. The minimum atomic E-state index is 0.0826. The molecule has 0 saturated carbocycles. The molecule has 3 N–H and O–H groups in total. The molecule has 0 amide bonds. The van der Waals surface area contributed by atoms with Crippen LogP contribution in [0.4, 0.5) is 0 Å². The summed E-state index contributed by atoms with van der Waals surface area (Å²) in [6.45, 7) is 8.70. The van der Waals surface area contributed by atoms with Crippen molar-refractivity contribution in [3.05, 3.63) is 65.0 Å². The predicted molar refractivity (Wildman–Crippen MR) is 87.9 cm³/mol. The summed E-state index contributed by atoms with van der Waals surface area (Å²) in [4.78, 5) is 4.34. The summed E-state index contributed by atoms with van der Waals surface area (Å²) in [5, 5.41) is 0. The molecule has 112 valence electrons. The normalized spacial score (nSPS) is 13.2. The molecule has 0 spiro atoms. The van der Waals surface area contributed by atoms with Gasteiger partial charge in [0, 0.05) is 11.9 Å². The van der Waals surface area contributed by atoms with Crippen LogP contribution in [0.25, 0.3) is 0 Å². The molecule has 2 aromatic rings. The molecule has 0 aliphatic rings. The number of nitrogens with zero attached hydrogens (tertiary/aromatic N) is 1. The van der Waals surface area contributed by atoms with Crippen molar-refractivity contribution in [3.63, 3.8) is 0 Å². The first kappa shape index (κ1) is 15.7. The molecule has 1 aromatic heterocycles. The average Bonchev–Trinajstić information content (AvgIpc) is 2.45. The lowest BCUT2D eigenvalue weighted by Crippen LogP contribution is -2.30. The summed E-state index contributed by atoms with van der Waals surface area (Å²) in [5.74, 6) is 5.74. The van der Waals surface area contributed by atoms with Crippen molar-refractivity contribution in [2.75, 3.05) is 0 Å². The zero-order valence-electron chi connectivity index (χ0n) is 13.4. The van der Waals surface area contributed by atoms with Crippen LogP contribution in [0.3, 0.4) is 0 Å². The Labute approximate surface area is 127 Å². The maximum atomic E-state index is 5.74. The van der Waals surface area contributed by atoms with Crippen LogP contribution < -0.4 is 11.3 Å². The van der Waals surface area contributed by atoms with Gasteiger partial charge in [0.2, 0.25) is 0 Å². The first-order chi connectivity index (χ1) is 9.91. The highest BCUT2D eigenvalue weighted by Gasteiger charge is 2.15. The summed E-state index contributed by atoms with van der Waals surface area (Å²) in [7, 11) is 0. The largest absolute Gasteiger partial charge is 0.271 e. The molecule has 0 fully saturated rings. The number of hydrogen-bond donors (Lipinski definition) is 2. The SMILES string of the molecule is Cc1ncccc1C(Cc1ccc(C(C)(C)C)cc1)NN. The maximum Gasteiger partial charge on any atom is 0.0518 e. The van der Waals surface area contributed by atoms with Gasteiger partial charge in [0.25, 0.3) is 0 Å². The Morgan fingerprint density at radius 2 is 1.81 bits per heavy atom. The molecule has 1 unspecified atom stereocenters. The highest BCUT2D eigenvalue weighted by Crippen LogP contribution is 2.24. The van der Waals surface area contributed by atoms with Crippen LogP contribution >= 0.6 is 0 Å². The average molecular weight is 283 g/mol. The molecule has 0 radical (unpaired) electrons. The number of hydrogen-bond acceptors (Lipinski definition) is 3. The second kappa shape index (κ2) is 6.37. The molecule has 0 bridgehead atoms. The van der Waals surface area contributed by atoms with Gasteiger partial charge in [-0.15, -0.1) is 0 Å². The van der Waals surface area contributed by atoms with Crippen molar-refractivity contribution in [2.45, 2.75) is 45.6 Å². The fourth-order valence-electron chi connectivity index (χ4n) is 2.50. The Balaban J connectivity index is 2.18. The number of pyridine rings is 1. The molecular weight excluding hydrogens is 258 g/mol. The molecule has 2 rings (SSSR count). The Kier molecular flexibility index (Phi) is 4.76. The van der Waals surface area contributed by atoms with Gasteiger partial charge in [0.15, 0.2) is 0 Å². The van der Waals surface area contributed by atoms with E-state index in [1.165, 1.54) is 11.1 Å². The van der Waals surface area contributed by atoms with Crippen molar-refractivity contribution in [3.8, 4) is 0 Å². The van der Waals surface area contributed by atoms with Gasteiger partial charge in [-0.25, -0.2) is 0 Å². The van der Waals surface area contributed by atoms with Gasteiger partial charge in [0.05, 0.1) is 6.04 Å². The Hall–Kier alpha value is -1.71. The van der Waals surface area contributed by atoms with Gasteiger partial charge in [-0.2, -0.15) is 0 Å². The summed E-state index contributed by atoms with van der Waals surface area (Å²) in [6, 6.07) is 12.9. The highest BCUT2D eigenvalue weighted by atomic mass is 15.2. The van der Waals surface area contributed by atoms with Crippen LogP contribution in [0.2, 0.25) is 0 Å². The molecular formula is C18H25N3. The Morgan fingerprint density at radius 3 is 2.33 bits per heavy atom. The van der Waals surface area contributed by atoms with Crippen molar-refractivity contribution in [2.24, 2.45) is 5.84 Å². The number of nitrogens with one attached hydrogen (secondary N) is 1. The van der Waals surface area contributed by atoms with Crippen molar-refractivity contribution in [1.82, 2.24) is 10.4 Å². The van der Waals surface area contributed by atoms with E-state index >= 15 is 0 Å². The van der Waals surface area contributed by atoms with Gasteiger partial charge < -0.3 is 0 Å². The van der Waals surface area contributed by atoms with E-state index in [0.29, 0.717) is 0 Å². The third-order valence-corrected chi connectivity index (χ3v) is 3.88. The van der Waals surface area contributed by atoms with Gasteiger partial charge in [-0.1, -0.05) is 51.1 Å². The van der Waals surface area contributed by atoms with Crippen LogP contribution in [0.1, 0.15) is 49.2 Å². The summed E-state index contributed by atoms with van der Waals surface area (Å²) < 4.78 is 0. The van der Waals surface area contributed by atoms with E-state index in [1.807, 2.05) is 19.2 Å². The third-order valence-electron chi connectivity index (χ3n) is 3.88. The first-order valence-electron chi connectivity index (χ1n) is 7.39. The Morgan fingerprint density at radius 1 is 1.14 bits per heavy atom. The molecule has 21 heavy (non-hydrogen) atoms. The maximum absolute atomic E-state index is 5.74. The van der Waals surface area contributed by atoms with Crippen LogP contribution in [-0.2, 0) is 11.8 Å². The van der Waals surface area contributed by atoms with E-state index < -0.39 is 0 Å². The lowest BCUT2D eigenvalue weighted by molar-refractivity contribution is 0.546. The fraction of sp³-hybridized carbons (Fsp3) is 0.389. The molecule has 1 atom stereocenters. The quantitative estimate of drug-likeness (QED) is 0.667. The van der Waals surface area contributed by atoms with Crippen molar-refractivity contribution >= 4 is 0 Å². The van der Waals surface area contributed by atoms with E-state index in [9.17, 15) is 0 Å². The second-order valence-corrected chi connectivity index (χ2v) is 6.55. The van der Waals surface area contributed by atoms with Gasteiger partial charge in [-0.3, -0.25) is 16.3 Å². The number of rotatable bonds is 4. The zero-order valence-corrected chi connectivity index (χ0v) is 13.4. The molecule has 3 nitrogen and oxygen atoms in total. The lowest BCUT2D eigenvalue weighted by Gasteiger charge is -2.21. The number of nitrogens with two attached hydrogens (primary N) is 1. The van der Waals surface area contributed by atoms with Crippen LogP contribution in [0.15, 0.2) is 42.6 Å². The van der Waals surface area contributed by atoms with E-state index in [-0.39, 0.29) is 11.5 Å². The molecule has 1 aromatic carbocycles. The van der Waals surface area contributed by atoms with E-state index in [0.717, 1.165) is 17.7 Å². The minimum absolute atomic E-state index is 0.0826. The van der Waals surface area contributed by atoms with Crippen LogP contribution in [0.5, 0.6) is 0 Å². The fourth-order valence-corrected chi connectivity index (χ4v) is 2.50. The molecule has 1 heterocycles. The molecule has 0 saturated heterocycles. The van der Waals surface area contributed by atoms with Crippen LogP contribution in [0, 0.1) is 6.92 Å². The lowest BCUT2D eigenvalue weighted by atomic mass is 9.86. The monoisotopic (exact) mass is 283 g/mol. The van der Waals surface area contributed by atoms with E-state index in [2.05, 4.69) is 61.5 Å². The number of aryl methyl sites for hydroxylation is 1. The van der Waals surface area contributed by atoms with Crippen LogP contribution in [-0.4, -0.2) is 4.98 Å². The predicted octanol–water partition coefficient (Wildman–Crippen LogP) is 3.43. The number of hydrazine groups is 1. The van der Waals surface area contributed by atoms with E-state index in [1.54, 1.807) is 0 Å². The topological polar surface area (TPSA) is 50.9 Å². The molecule has 0 aliphatic carbocycles. The zero-order chi connectivity index (χ0) is 15.5. The summed E-state index contributed by atoms with van der Waals surface area (Å²) >= 11 is 0. The molecule has 0 aliphatic heterocycles. The highest BCUT2D eigenvalue weighted by molar-refractivity contribution is 5.30. The number of aromatic nitrogens is 1. The van der Waals surface area contributed by atoms with Gasteiger partial charge in [0.1, 0.15) is 0 Å². The summed E-state index contributed by atoms with van der Waals surface area (Å²) in [5.41, 5.74) is 7.89. The van der Waals surface area contributed by atoms with E-state index in [4.69, 9.17) is 5.84 Å². The van der Waals surface area contributed by atoms with Gasteiger partial charge in [-0.05, 0) is 41.5 Å². The molecule has 3 heteroatoms. The second-order valence-electron chi connectivity index (χ2n) is 6.55. The third kappa shape index (κ3) is 3.90. The minimum Gasteiger partial charge on any atom is -0.271 e. The smallest absolute Gasteiger partial charge is 0.0518 e. The van der Waals surface area contributed by atoms with Gasteiger partial charge >= 0.3 is 0 Å². The number of benzene rings is 1. The Bertz CT molecular complexity index is 582.